The lowest BCUT2D eigenvalue weighted by Gasteiger charge is -2.13. The second-order valence-electron chi connectivity index (χ2n) is 3.79. The van der Waals surface area contributed by atoms with Gasteiger partial charge in [0.05, 0.1) is 7.14 Å². The average Bonchev–Trinajstić information content (AvgIpc) is 2.31. The molecule has 2 nitrogen and oxygen atoms in total. The van der Waals surface area contributed by atoms with Gasteiger partial charge in [-0.3, -0.25) is 0 Å². The summed E-state index contributed by atoms with van der Waals surface area (Å²) in [4.78, 5) is 0. The molecule has 0 aliphatic rings. The van der Waals surface area contributed by atoms with E-state index in [-0.39, 0.29) is 0 Å². The number of ether oxygens (including phenoxy) is 1. The van der Waals surface area contributed by atoms with Gasteiger partial charge in [-0.25, -0.2) is 0 Å². The highest BCUT2D eigenvalue weighted by Gasteiger charge is 2.10. The average molecular weight is 656 g/mol. The Morgan fingerprint density at radius 1 is 1.11 bits per heavy atom. The third-order valence-electron chi connectivity index (χ3n) is 2.48. The van der Waals surface area contributed by atoms with E-state index in [1.807, 2.05) is 18.2 Å². The van der Waals surface area contributed by atoms with Crippen molar-refractivity contribution in [3.63, 3.8) is 0 Å². The molecule has 0 radical (unpaired) electrons. The number of benzene rings is 2. The van der Waals surface area contributed by atoms with Gasteiger partial charge in [-0.05, 0) is 92.0 Å². The van der Waals surface area contributed by atoms with Gasteiger partial charge in [-0.2, -0.15) is 0 Å². The first-order valence-corrected chi connectivity index (χ1v) is 9.32. The van der Waals surface area contributed by atoms with Crippen molar-refractivity contribution in [1.82, 2.24) is 0 Å². The lowest BCUT2D eigenvalue weighted by Crippen LogP contribution is -2.03. The van der Waals surface area contributed by atoms with Gasteiger partial charge < -0.3 is 10.5 Å². The summed E-state index contributed by atoms with van der Waals surface area (Å²) in [5.41, 5.74) is 7.69. The van der Waals surface area contributed by atoms with Crippen LogP contribution in [0.5, 0.6) is 5.75 Å². The topological polar surface area (TPSA) is 35.2 Å². The fraction of sp³-hybridized carbons (Fsp3) is 0.0769. The molecule has 2 aromatic carbocycles. The molecule has 0 saturated carbocycles. The van der Waals surface area contributed by atoms with Gasteiger partial charge in [-0.1, -0.05) is 22.0 Å². The van der Waals surface area contributed by atoms with Crippen LogP contribution in [0.3, 0.4) is 0 Å². The lowest BCUT2D eigenvalue weighted by molar-refractivity contribution is 0.301. The van der Waals surface area contributed by atoms with E-state index < -0.39 is 0 Å². The highest BCUT2D eigenvalue weighted by atomic mass is 127. The van der Waals surface area contributed by atoms with Gasteiger partial charge in [0.1, 0.15) is 12.4 Å². The third-order valence-corrected chi connectivity index (χ3v) is 5.45. The van der Waals surface area contributed by atoms with E-state index in [0.29, 0.717) is 6.61 Å². The summed E-state index contributed by atoms with van der Waals surface area (Å²) < 4.78 is 10.3. The highest BCUT2D eigenvalue weighted by molar-refractivity contribution is 14.1. The van der Waals surface area contributed by atoms with Crippen LogP contribution >= 0.6 is 83.7 Å². The monoisotopic (exact) mass is 655 g/mol. The molecule has 0 aliphatic carbocycles. The molecular formula is C13H9BrI3NO. The molecule has 0 aromatic heterocycles. The number of nitrogen functional groups attached to an aromatic ring is 1. The SMILES string of the molecule is Nc1cccc(Br)c1COc1c(I)cc(I)cc1I. The van der Waals surface area contributed by atoms with Gasteiger partial charge in [0.2, 0.25) is 0 Å². The minimum atomic E-state index is 0.458. The van der Waals surface area contributed by atoms with E-state index in [1.165, 1.54) is 3.57 Å². The molecule has 19 heavy (non-hydrogen) atoms. The van der Waals surface area contributed by atoms with Crippen molar-refractivity contribution >= 4 is 89.4 Å². The second kappa shape index (κ2) is 7.12. The van der Waals surface area contributed by atoms with Crippen molar-refractivity contribution in [3.05, 3.63) is 51.1 Å². The fourth-order valence-corrected chi connectivity index (χ4v) is 5.93. The molecule has 100 valence electrons. The number of hydrogen-bond acceptors (Lipinski definition) is 2. The zero-order valence-corrected chi connectivity index (χ0v) is 17.6. The van der Waals surface area contributed by atoms with Gasteiger partial charge in [0.15, 0.2) is 0 Å². The van der Waals surface area contributed by atoms with Crippen molar-refractivity contribution in [2.45, 2.75) is 6.61 Å². The van der Waals surface area contributed by atoms with Crippen molar-refractivity contribution in [2.24, 2.45) is 0 Å². The molecule has 0 heterocycles. The summed E-state index contributed by atoms with van der Waals surface area (Å²) in [6.07, 6.45) is 0. The molecule has 2 rings (SSSR count). The Balaban J connectivity index is 2.24. The van der Waals surface area contributed by atoms with E-state index in [1.54, 1.807) is 0 Å². The van der Waals surface area contributed by atoms with Crippen LogP contribution < -0.4 is 10.5 Å². The van der Waals surface area contributed by atoms with Gasteiger partial charge in [-0.15, -0.1) is 0 Å². The Kier molecular flexibility index (Phi) is 6.03. The quantitative estimate of drug-likeness (QED) is 0.354. The molecule has 0 bridgehead atoms. The van der Waals surface area contributed by atoms with Crippen LogP contribution in [-0.4, -0.2) is 0 Å². The standard InChI is InChI=1S/C13H9BrI3NO/c14-9-2-1-3-12(18)8(9)6-19-13-10(16)4-7(15)5-11(13)17/h1-5H,6,18H2. The summed E-state index contributed by atoms with van der Waals surface area (Å²) in [6, 6.07) is 9.97. The minimum Gasteiger partial charge on any atom is -0.487 e. The normalized spacial score (nSPS) is 10.5. The Bertz CT molecular complexity index is 576. The number of nitrogens with two attached hydrogens (primary N) is 1. The van der Waals surface area contributed by atoms with Crippen LogP contribution in [-0.2, 0) is 6.61 Å². The molecule has 6 heteroatoms. The summed E-state index contributed by atoms with van der Waals surface area (Å²) in [5, 5.41) is 0. The van der Waals surface area contributed by atoms with E-state index in [0.717, 1.165) is 28.6 Å². The number of hydrogen-bond donors (Lipinski definition) is 1. The third kappa shape index (κ3) is 4.10. The van der Waals surface area contributed by atoms with Crippen LogP contribution in [0.15, 0.2) is 34.8 Å². The van der Waals surface area contributed by atoms with E-state index in [2.05, 4.69) is 95.8 Å². The van der Waals surface area contributed by atoms with Crippen LogP contribution in [0, 0.1) is 10.7 Å². The predicted octanol–water partition coefficient (Wildman–Crippen LogP) is 5.42. The Labute approximate surface area is 161 Å². The van der Waals surface area contributed by atoms with Crippen molar-refractivity contribution in [3.8, 4) is 5.75 Å². The molecule has 2 N–H and O–H groups in total. The van der Waals surface area contributed by atoms with Crippen LogP contribution in [0.4, 0.5) is 5.69 Å². The molecule has 2 aromatic rings. The van der Waals surface area contributed by atoms with E-state index in [9.17, 15) is 0 Å². The number of anilines is 1. The first-order valence-electron chi connectivity index (χ1n) is 5.29. The molecule has 0 atom stereocenters. The molecule has 0 saturated heterocycles. The summed E-state index contributed by atoms with van der Waals surface area (Å²) in [5.74, 6) is 0.914. The maximum atomic E-state index is 5.97. The Morgan fingerprint density at radius 2 is 1.74 bits per heavy atom. The van der Waals surface area contributed by atoms with Gasteiger partial charge in [0.25, 0.3) is 0 Å². The van der Waals surface area contributed by atoms with Crippen LogP contribution in [0.1, 0.15) is 5.56 Å². The predicted molar refractivity (Wildman–Crippen MR) is 107 cm³/mol. The molecule has 0 aliphatic heterocycles. The first kappa shape index (κ1) is 16.1. The van der Waals surface area contributed by atoms with Crippen molar-refractivity contribution in [1.29, 1.82) is 0 Å². The van der Waals surface area contributed by atoms with Gasteiger partial charge >= 0.3 is 0 Å². The van der Waals surface area contributed by atoms with Crippen LogP contribution in [0.25, 0.3) is 0 Å². The van der Waals surface area contributed by atoms with Crippen molar-refractivity contribution < 1.29 is 4.74 Å². The Hall–Kier alpha value is 0.710. The zero-order valence-electron chi connectivity index (χ0n) is 9.59. The van der Waals surface area contributed by atoms with E-state index >= 15 is 0 Å². The summed E-state index contributed by atoms with van der Waals surface area (Å²) >= 11 is 10.4. The largest absolute Gasteiger partial charge is 0.487 e. The summed E-state index contributed by atoms with van der Waals surface area (Å²) in [6.45, 7) is 0.458. The molecule has 0 amide bonds. The molecule has 0 fully saturated rings. The zero-order chi connectivity index (χ0) is 14.0. The smallest absolute Gasteiger partial charge is 0.146 e. The Morgan fingerprint density at radius 3 is 2.32 bits per heavy atom. The maximum absolute atomic E-state index is 5.97. The molecule has 0 spiro atoms. The first-order chi connectivity index (χ1) is 8.99. The number of halogens is 4. The van der Waals surface area contributed by atoms with Crippen LogP contribution in [0.2, 0.25) is 0 Å². The second-order valence-corrected chi connectivity index (χ2v) is 8.22. The van der Waals surface area contributed by atoms with Crippen molar-refractivity contribution in [2.75, 3.05) is 5.73 Å². The maximum Gasteiger partial charge on any atom is 0.146 e. The van der Waals surface area contributed by atoms with E-state index in [4.69, 9.17) is 10.5 Å². The fourth-order valence-electron chi connectivity index (χ4n) is 1.54. The number of rotatable bonds is 3. The highest BCUT2D eigenvalue weighted by Crippen LogP contribution is 2.31. The molecular weight excluding hydrogens is 647 g/mol. The summed E-state index contributed by atoms with van der Waals surface area (Å²) in [7, 11) is 0. The van der Waals surface area contributed by atoms with Gasteiger partial charge in [0, 0.05) is 19.3 Å². The molecule has 0 unspecified atom stereocenters. The minimum absolute atomic E-state index is 0.458. The lowest BCUT2D eigenvalue weighted by atomic mass is 10.2.